The van der Waals surface area contributed by atoms with E-state index in [1.54, 1.807) is 37.6 Å². The predicted octanol–water partition coefficient (Wildman–Crippen LogP) is 5.23. The third-order valence-corrected chi connectivity index (χ3v) is 6.32. The van der Waals surface area contributed by atoms with Crippen LogP contribution in [0.3, 0.4) is 0 Å². The lowest BCUT2D eigenvalue weighted by Gasteiger charge is -2.36. The quantitative estimate of drug-likeness (QED) is 0.255. The Morgan fingerprint density at radius 3 is 2.65 bits per heavy atom. The maximum absolute atomic E-state index is 14.5. The number of unbranched alkanes of at least 4 members (excludes halogenated alkanes) is 3. The number of rotatable bonds is 11. The second kappa shape index (κ2) is 12.5. The Morgan fingerprint density at radius 1 is 1.08 bits per heavy atom. The van der Waals surface area contributed by atoms with E-state index in [1.165, 1.54) is 6.07 Å². The summed E-state index contributed by atoms with van der Waals surface area (Å²) in [7, 11) is 0. The van der Waals surface area contributed by atoms with Gasteiger partial charge in [-0.3, -0.25) is 4.79 Å². The minimum absolute atomic E-state index is 0.104. The smallest absolute Gasteiger partial charge is 0.305 e. The van der Waals surface area contributed by atoms with Gasteiger partial charge in [-0.05, 0) is 32.8 Å². The number of esters is 1. The summed E-state index contributed by atoms with van der Waals surface area (Å²) in [5.74, 6) is -1.32. The van der Waals surface area contributed by atoms with Crippen LogP contribution in [0.15, 0.2) is 36.8 Å². The molecule has 3 aromatic rings. The molecule has 10 heteroatoms. The second-order valence-electron chi connectivity index (χ2n) is 8.84. The molecular weight excluding hydrogens is 480 g/mol. The van der Waals surface area contributed by atoms with Gasteiger partial charge in [0.2, 0.25) is 5.82 Å². The van der Waals surface area contributed by atoms with E-state index < -0.39 is 11.6 Å². The van der Waals surface area contributed by atoms with Crippen molar-refractivity contribution in [1.82, 2.24) is 19.9 Å². The molecule has 1 aliphatic rings. The van der Waals surface area contributed by atoms with E-state index in [9.17, 15) is 13.6 Å². The molecule has 196 valence electrons. The van der Waals surface area contributed by atoms with Crippen molar-refractivity contribution >= 4 is 11.7 Å². The van der Waals surface area contributed by atoms with E-state index >= 15 is 0 Å². The van der Waals surface area contributed by atoms with Gasteiger partial charge >= 0.3 is 5.97 Å². The molecule has 4 rings (SSSR count). The lowest BCUT2D eigenvalue weighted by Crippen LogP contribution is -2.35. The summed E-state index contributed by atoms with van der Waals surface area (Å²) in [6, 6.07) is 4.34. The SMILES string of the molecule is CCOC(=O)CCCCCCOc1cc(N2CCc3nc(-c4ncccn4)ncc3C2C)cc(F)c1F. The fourth-order valence-corrected chi connectivity index (χ4v) is 4.40. The maximum Gasteiger partial charge on any atom is 0.305 e. The molecule has 0 bridgehead atoms. The lowest BCUT2D eigenvalue weighted by molar-refractivity contribution is -0.143. The van der Waals surface area contributed by atoms with E-state index in [1.807, 2.05) is 11.8 Å². The van der Waals surface area contributed by atoms with Gasteiger partial charge in [-0.2, -0.15) is 4.39 Å². The minimum atomic E-state index is -0.994. The van der Waals surface area contributed by atoms with E-state index in [-0.39, 0.29) is 24.4 Å². The van der Waals surface area contributed by atoms with Crippen molar-refractivity contribution in [2.24, 2.45) is 0 Å². The van der Waals surface area contributed by atoms with Crippen LogP contribution in [0.1, 0.15) is 63.3 Å². The first-order valence-electron chi connectivity index (χ1n) is 12.6. The first-order chi connectivity index (χ1) is 18.0. The Labute approximate surface area is 215 Å². The molecule has 0 saturated heterocycles. The van der Waals surface area contributed by atoms with E-state index in [2.05, 4.69) is 19.9 Å². The monoisotopic (exact) mass is 511 g/mol. The molecule has 1 aliphatic heterocycles. The van der Waals surface area contributed by atoms with Crippen LogP contribution in [0.5, 0.6) is 5.75 Å². The standard InChI is InChI=1S/C27H31F2N5O3/c1-3-36-24(35)9-6-4-5-7-14-37-23-16-19(15-21(28)25(23)29)34-13-10-22-20(18(34)2)17-32-27(33-22)26-30-11-8-12-31-26/h8,11-12,15-18H,3-7,9-10,13-14H2,1-2H3. The van der Waals surface area contributed by atoms with Crippen LogP contribution in [-0.4, -0.2) is 45.7 Å². The molecule has 8 nitrogen and oxygen atoms in total. The fraction of sp³-hybridized carbons (Fsp3) is 0.444. The van der Waals surface area contributed by atoms with Crippen LogP contribution < -0.4 is 9.64 Å². The number of benzene rings is 1. The first-order valence-corrected chi connectivity index (χ1v) is 12.6. The highest BCUT2D eigenvalue weighted by Gasteiger charge is 2.28. The Kier molecular flexibility index (Phi) is 8.92. The van der Waals surface area contributed by atoms with Crippen LogP contribution >= 0.6 is 0 Å². The molecule has 37 heavy (non-hydrogen) atoms. The molecule has 0 radical (unpaired) electrons. The van der Waals surface area contributed by atoms with Gasteiger partial charge in [0, 0.05) is 61.4 Å². The van der Waals surface area contributed by atoms with Crippen molar-refractivity contribution in [3.8, 4) is 17.4 Å². The summed E-state index contributed by atoms with van der Waals surface area (Å²) in [6.07, 6.45) is 9.10. The average molecular weight is 512 g/mol. The van der Waals surface area contributed by atoms with Crippen LogP contribution in [0.4, 0.5) is 14.5 Å². The Balaban J connectivity index is 1.37. The number of halogens is 2. The van der Waals surface area contributed by atoms with Crippen molar-refractivity contribution < 1.29 is 23.0 Å². The number of nitrogens with zero attached hydrogens (tertiary/aromatic N) is 5. The minimum Gasteiger partial charge on any atom is -0.490 e. The number of aromatic nitrogens is 4. The van der Waals surface area contributed by atoms with Gasteiger partial charge in [0.25, 0.3) is 0 Å². The summed E-state index contributed by atoms with van der Waals surface area (Å²) in [5.41, 5.74) is 2.35. The largest absolute Gasteiger partial charge is 0.490 e. The average Bonchev–Trinajstić information content (AvgIpc) is 2.91. The molecule has 1 unspecified atom stereocenters. The summed E-state index contributed by atoms with van der Waals surface area (Å²) in [5, 5.41) is 0. The zero-order valence-electron chi connectivity index (χ0n) is 21.1. The number of hydrogen-bond donors (Lipinski definition) is 0. The number of carbonyl (C=O) groups is 1. The molecule has 0 saturated carbocycles. The topological polar surface area (TPSA) is 90.3 Å². The Bertz CT molecular complexity index is 1210. The van der Waals surface area contributed by atoms with Crippen LogP contribution in [0, 0.1) is 11.6 Å². The molecule has 0 aliphatic carbocycles. The molecule has 0 fully saturated rings. The molecular formula is C27H31F2N5O3. The van der Waals surface area contributed by atoms with Crippen molar-refractivity contribution in [2.45, 2.75) is 58.4 Å². The number of carbonyl (C=O) groups excluding carboxylic acids is 1. The number of hydrogen-bond acceptors (Lipinski definition) is 8. The summed E-state index contributed by atoms with van der Waals surface area (Å²) >= 11 is 0. The van der Waals surface area contributed by atoms with Crippen molar-refractivity contribution in [3.63, 3.8) is 0 Å². The lowest BCUT2D eigenvalue weighted by atomic mass is 9.98. The third kappa shape index (κ3) is 6.55. The highest BCUT2D eigenvalue weighted by atomic mass is 19.2. The van der Waals surface area contributed by atoms with E-state index in [4.69, 9.17) is 9.47 Å². The molecule has 2 aromatic heterocycles. The van der Waals surface area contributed by atoms with Crippen LogP contribution in [0.2, 0.25) is 0 Å². The number of fused-ring (bicyclic) bond motifs is 1. The molecule has 3 heterocycles. The molecule has 0 N–H and O–H groups in total. The molecule has 1 aromatic carbocycles. The van der Waals surface area contributed by atoms with Gasteiger partial charge in [-0.25, -0.2) is 24.3 Å². The number of ether oxygens (including phenoxy) is 2. The van der Waals surface area contributed by atoms with Gasteiger partial charge in [0.15, 0.2) is 23.2 Å². The van der Waals surface area contributed by atoms with Gasteiger partial charge in [0.05, 0.1) is 24.9 Å². The predicted molar refractivity (Wildman–Crippen MR) is 134 cm³/mol. The van der Waals surface area contributed by atoms with Crippen molar-refractivity contribution in [3.05, 3.63) is 59.7 Å². The highest BCUT2D eigenvalue weighted by molar-refractivity contribution is 5.69. The summed E-state index contributed by atoms with van der Waals surface area (Å²) in [4.78, 5) is 30.9. The Hall–Kier alpha value is -3.69. The van der Waals surface area contributed by atoms with E-state index in [0.717, 1.165) is 30.5 Å². The van der Waals surface area contributed by atoms with Gasteiger partial charge < -0.3 is 14.4 Å². The molecule has 0 spiro atoms. The molecule has 1 atom stereocenters. The zero-order chi connectivity index (χ0) is 26.2. The normalized spacial score (nSPS) is 14.8. The summed E-state index contributed by atoms with van der Waals surface area (Å²) in [6.45, 7) is 4.98. The van der Waals surface area contributed by atoms with Gasteiger partial charge in [-0.1, -0.05) is 12.8 Å². The van der Waals surface area contributed by atoms with Crippen LogP contribution in [-0.2, 0) is 16.0 Å². The first kappa shape index (κ1) is 26.4. The Morgan fingerprint density at radius 2 is 1.86 bits per heavy atom. The summed E-state index contributed by atoms with van der Waals surface area (Å²) < 4.78 is 39.5. The van der Waals surface area contributed by atoms with Gasteiger partial charge in [0.1, 0.15) is 0 Å². The zero-order valence-corrected chi connectivity index (χ0v) is 21.1. The fourth-order valence-electron chi connectivity index (χ4n) is 4.40. The van der Waals surface area contributed by atoms with Gasteiger partial charge in [-0.15, -0.1) is 0 Å². The third-order valence-electron chi connectivity index (χ3n) is 6.32. The van der Waals surface area contributed by atoms with Crippen LogP contribution in [0.25, 0.3) is 11.6 Å². The highest BCUT2D eigenvalue weighted by Crippen LogP contribution is 2.36. The van der Waals surface area contributed by atoms with Crippen molar-refractivity contribution in [1.29, 1.82) is 0 Å². The second-order valence-corrected chi connectivity index (χ2v) is 8.84. The maximum atomic E-state index is 14.5. The number of anilines is 1. The molecule has 0 amide bonds. The van der Waals surface area contributed by atoms with E-state index in [0.29, 0.717) is 49.8 Å². The van der Waals surface area contributed by atoms with Crippen molar-refractivity contribution in [2.75, 3.05) is 24.7 Å².